The zero-order valence-electron chi connectivity index (χ0n) is 22.2. The third-order valence-corrected chi connectivity index (χ3v) is 10.7. The lowest BCUT2D eigenvalue weighted by molar-refractivity contribution is -0.136. The number of nitrogens with zero attached hydrogens (tertiary/aromatic N) is 3. The topological polar surface area (TPSA) is 53.7 Å². The summed E-state index contributed by atoms with van der Waals surface area (Å²) in [6, 6.07) is 1.21. The summed E-state index contributed by atoms with van der Waals surface area (Å²) < 4.78 is 45.6. The molecular weight excluding hydrogens is 511 g/mol. The molecule has 0 spiro atoms. The lowest BCUT2D eigenvalue weighted by Gasteiger charge is -2.44. The number of hydrogen-bond donors (Lipinski definition) is 2. The van der Waals surface area contributed by atoms with Crippen LogP contribution in [0, 0.1) is 23.7 Å². The number of likely N-dealkylation sites (tertiary alicyclic amines) is 1. The maximum atomic E-state index is 14.2. The van der Waals surface area contributed by atoms with Crippen molar-refractivity contribution >= 4 is 17.3 Å². The van der Waals surface area contributed by atoms with Crippen molar-refractivity contribution in [3.63, 3.8) is 0 Å². The van der Waals surface area contributed by atoms with Gasteiger partial charge in [-0.15, -0.1) is 11.8 Å². The van der Waals surface area contributed by atoms with Crippen molar-refractivity contribution in [3.8, 4) is 0 Å². The van der Waals surface area contributed by atoms with Crippen molar-refractivity contribution in [2.24, 2.45) is 23.7 Å². The summed E-state index contributed by atoms with van der Waals surface area (Å²) in [6.07, 6.45) is 8.48. The Kier molecular flexibility index (Phi) is 7.61. The average molecular weight is 552 g/mol. The van der Waals surface area contributed by atoms with Crippen LogP contribution < -0.4 is 16.5 Å². The monoisotopic (exact) mass is 551 g/mol. The number of thioether (sulfide) groups is 1. The Balaban J connectivity index is 1.30. The summed E-state index contributed by atoms with van der Waals surface area (Å²) in [5, 5.41) is 0.366. The molecule has 2 aliphatic carbocycles. The number of fused-ring (bicyclic) bond motifs is 1. The molecule has 2 aromatic rings. The van der Waals surface area contributed by atoms with Gasteiger partial charge in [-0.1, -0.05) is 32.6 Å². The number of halogens is 3. The van der Waals surface area contributed by atoms with Gasteiger partial charge < -0.3 is 0 Å². The maximum absolute atomic E-state index is 14.2. The fraction of sp³-hybridized carbons (Fsp3) is 0.750. The van der Waals surface area contributed by atoms with Gasteiger partial charge in [-0.05, 0) is 74.0 Å². The maximum Gasteiger partial charge on any atom is 0.418 e. The number of nitrogens with one attached hydrogen (secondary N) is 2. The molecule has 38 heavy (non-hydrogen) atoms. The van der Waals surface area contributed by atoms with Crippen LogP contribution in [0.4, 0.5) is 13.2 Å². The first kappa shape index (κ1) is 26.7. The van der Waals surface area contributed by atoms with Gasteiger partial charge in [0.05, 0.1) is 22.3 Å². The minimum atomic E-state index is -4.52. The van der Waals surface area contributed by atoms with Crippen LogP contribution in [-0.4, -0.2) is 38.2 Å². The molecule has 2 saturated carbocycles. The fourth-order valence-corrected chi connectivity index (χ4v) is 8.74. The molecule has 10 heteroatoms. The highest BCUT2D eigenvalue weighted by Gasteiger charge is 2.42. The summed E-state index contributed by atoms with van der Waals surface area (Å²) >= 11 is 1.92. The Morgan fingerprint density at radius 1 is 1.08 bits per heavy atom. The number of hydrazine groups is 1. The molecule has 0 bridgehead atoms. The molecule has 0 amide bonds. The van der Waals surface area contributed by atoms with Crippen molar-refractivity contribution in [3.05, 3.63) is 40.1 Å². The second-order valence-corrected chi connectivity index (χ2v) is 13.3. The van der Waals surface area contributed by atoms with Crippen LogP contribution >= 0.6 is 11.8 Å². The lowest BCUT2D eigenvalue weighted by Crippen LogP contribution is -2.45. The van der Waals surface area contributed by atoms with Gasteiger partial charge in [0, 0.05) is 31.5 Å². The van der Waals surface area contributed by atoms with E-state index >= 15 is 0 Å². The predicted octanol–water partition coefficient (Wildman–Crippen LogP) is 5.62. The lowest BCUT2D eigenvalue weighted by atomic mass is 9.66. The minimum Gasteiger partial charge on any atom is -0.299 e. The van der Waals surface area contributed by atoms with E-state index in [1.807, 2.05) is 11.8 Å². The Hall–Kier alpha value is -1.49. The van der Waals surface area contributed by atoms with E-state index in [4.69, 9.17) is 0 Å². The molecule has 0 radical (unpaired) electrons. The number of rotatable bonds is 6. The third-order valence-electron chi connectivity index (χ3n) is 9.55. The minimum absolute atomic E-state index is 0.0202. The van der Waals surface area contributed by atoms with E-state index in [9.17, 15) is 18.0 Å². The van der Waals surface area contributed by atoms with E-state index < -0.39 is 11.7 Å². The van der Waals surface area contributed by atoms with Gasteiger partial charge in [0.1, 0.15) is 0 Å². The standard InChI is InChI=1S/C28H40F3N5OS/c1-18-5-4-10-34(13-18)14-19-11-23(28(29,30)31)24-16-35(27(37)36(24)15-19)22-9-3-8-21(12-22)25(20-6-2-7-20)26-33-32-17-38-26/h11,15-16,18,20-22,25-26,32-33H,2-10,12-14,17H2,1H3/t18-,21?,22?,25+,26?/m0/s1. The van der Waals surface area contributed by atoms with E-state index in [0.717, 1.165) is 57.5 Å². The van der Waals surface area contributed by atoms with Crippen molar-refractivity contribution in [1.29, 1.82) is 0 Å². The molecule has 2 aliphatic heterocycles. The number of piperidine rings is 1. The van der Waals surface area contributed by atoms with Gasteiger partial charge in [0.15, 0.2) is 0 Å². The zero-order valence-corrected chi connectivity index (χ0v) is 23.0. The quantitative estimate of drug-likeness (QED) is 0.488. The van der Waals surface area contributed by atoms with Crippen LogP contribution in [-0.2, 0) is 12.7 Å². The van der Waals surface area contributed by atoms with Gasteiger partial charge in [-0.3, -0.25) is 13.9 Å². The molecule has 2 aromatic heterocycles. The van der Waals surface area contributed by atoms with Gasteiger partial charge in [0.2, 0.25) is 0 Å². The summed E-state index contributed by atoms with van der Waals surface area (Å²) in [5.41, 5.74) is 6.24. The van der Waals surface area contributed by atoms with Crippen LogP contribution in [0.15, 0.2) is 23.3 Å². The molecule has 2 saturated heterocycles. The molecule has 2 N–H and O–H groups in total. The highest BCUT2D eigenvalue weighted by atomic mass is 32.2. The van der Waals surface area contributed by atoms with Crippen molar-refractivity contribution in [2.75, 3.05) is 19.0 Å². The SMILES string of the molecule is C[C@H]1CCCN(Cc2cc(C(F)(F)F)c3cn(C4CCCC([C@@H](C5CCC5)C5NNCS5)C4)c(=O)n3c2)C1. The highest BCUT2D eigenvalue weighted by molar-refractivity contribution is 8.00. The van der Waals surface area contributed by atoms with Crippen LogP contribution in [0.3, 0.4) is 0 Å². The van der Waals surface area contributed by atoms with Gasteiger partial charge >= 0.3 is 11.9 Å². The summed E-state index contributed by atoms with van der Waals surface area (Å²) in [7, 11) is 0. The zero-order chi connectivity index (χ0) is 26.4. The number of pyridine rings is 1. The van der Waals surface area contributed by atoms with E-state index in [0.29, 0.717) is 41.2 Å². The molecule has 3 unspecified atom stereocenters. The second-order valence-electron chi connectivity index (χ2n) is 12.2. The number of hydrogen-bond acceptors (Lipinski definition) is 5. The molecule has 4 heterocycles. The van der Waals surface area contributed by atoms with E-state index in [2.05, 4.69) is 22.7 Å². The van der Waals surface area contributed by atoms with Crippen LogP contribution in [0.2, 0.25) is 0 Å². The molecule has 210 valence electrons. The Morgan fingerprint density at radius 3 is 2.55 bits per heavy atom. The van der Waals surface area contributed by atoms with Crippen LogP contribution in [0.1, 0.15) is 81.9 Å². The number of aromatic nitrogens is 2. The largest absolute Gasteiger partial charge is 0.418 e. The average Bonchev–Trinajstić information content (AvgIpc) is 3.49. The molecule has 4 fully saturated rings. The molecule has 5 atom stereocenters. The fourth-order valence-electron chi connectivity index (χ4n) is 7.56. The summed E-state index contributed by atoms with van der Waals surface area (Å²) in [5.74, 6) is 3.13. The second kappa shape index (κ2) is 10.8. The Labute approximate surface area is 226 Å². The van der Waals surface area contributed by atoms with Crippen LogP contribution in [0.25, 0.3) is 5.52 Å². The summed E-state index contributed by atoms with van der Waals surface area (Å²) in [6.45, 7) is 4.39. The first-order chi connectivity index (χ1) is 18.3. The van der Waals surface area contributed by atoms with Gasteiger partial charge in [-0.25, -0.2) is 15.6 Å². The highest BCUT2D eigenvalue weighted by Crippen LogP contribution is 2.48. The molecule has 4 aliphatic rings. The van der Waals surface area contributed by atoms with Gasteiger partial charge in [0.25, 0.3) is 0 Å². The van der Waals surface area contributed by atoms with E-state index in [-0.39, 0.29) is 17.2 Å². The molecular formula is C28H40F3N5OS. The number of imidazole rings is 1. The van der Waals surface area contributed by atoms with Crippen LogP contribution in [0.5, 0.6) is 0 Å². The third kappa shape index (κ3) is 5.30. The molecule has 0 aromatic carbocycles. The molecule has 6 rings (SSSR count). The van der Waals surface area contributed by atoms with E-state index in [1.54, 1.807) is 10.8 Å². The Bertz CT molecular complexity index is 1190. The first-order valence-corrected chi connectivity index (χ1v) is 15.5. The number of alkyl halides is 3. The normalized spacial score (nSPS) is 30.5. The van der Waals surface area contributed by atoms with Crippen molar-refractivity contribution in [1.82, 2.24) is 24.7 Å². The smallest absolute Gasteiger partial charge is 0.299 e. The Morgan fingerprint density at radius 2 is 1.87 bits per heavy atom. The summed E-state index contributed by atoms with van der Waals surface area (Å²) in [4.78, 5) is 15.9. The van der Waals surface area contributed by atoms with Crippen molar-refractivity contribution < 1.29 is 13.2 Å². The molecule has 6 nitrogen and oxygen atoms in total. The predicted molar refractivity (Wildman–Crippen MR) is 145 cm³/mol. The first-order valence-electron chi connectivity index (χ1n) is 14.4. The van der Waals surface area contributed by atoms with Crippen molar-refractivity contribution in [2.45, 2.75) is 88.8 Å². The van der Waals surface area contributed by atoms with E-state index in [1.165, 1.54) is 35.9 Å². The van der Waals surface area contributed by atoms with Gasteiger partial charge in [-0.2, -0.15) is 13.2 Å².